The van der Waals surface area contributed by atoms with Crippen molar-refractivity contribution < 1.29 is 4.74 Å². The second kappa shape index (κ2) is 6.20. The molecule has 0 amide bonds. The predicted octanol–water partition coefficient (Wildman–Crippen LogP) is 2.18. The van der Waals surface area contributed by atoms with Gasteiger partial charge in [0, 0.05) is 20.2 Å². The number of aromatic nitrogens is 2. The molecule has 1 aromatic heterocycles. The number of rotatable bonds is 5. The summed E-state index contributed by atoms with van der Waals surface area (Å²) in [6.45, 7) is 4.50. The average Bonchev–Trinajstić information content (AvgIpc) is 2.91. The van der Waals surface area contributed by atoms with Gasteiger partial charge in [0.05, 0.1) is 18.8 Å². The van der Waals surface area contributed by atoms with Crippen molar-refractivity contribution in [3.63, 3.8) is 0 Å². The molecule has 18 heavy (non-hydrogen) atoms. The summed E-state index contributed by atoms with van der Waals surface area (Å²) in [4.78, 5) is 10.7. The van der Waals surface area contributed by atoms with Gasteiger partial charge in [-0.2, -0.15) is 4.98 Å². The molecule has 1 aliphatic rings. The van der Waals surface area contributed by atoms with E-state index in [9.17, 15) is 0 Å². The van der Waals surface area contributed by atoms with E-state index < -0.39 is 0 Å². The number of likely N-dealkylation sites (N-methyl/N-ethyl adjacent to an activating group) is 1. The molecule has 0 aliphatic carbocycles. The predicted molar refractivity (Wildman–Crippen MR) is 73.4 cm³/mol. The van der Waals surface area contributed by atoms with E-state index in [4.69, 9.17) is 16.3 Å². The third-order valence-electron chi connectivity index (χ3n) is 3.05. The Labute approximate surface area is 113 Å². The van der Waals surface area contributed by atoms with E-state index in [2.05, 4.69) is 27.1 Å². The first kappa shape index (κ1) is 13.4. The maximum Gasteiger partial charge on any atom is 0.224 e. The van der Waals surface area contributed by atoms with Crippen molar-refractivity contribution in [2.45, 2.75) is 25.8 Å². The van der Waals surface area contributed by atoms with Crippen LogP contribution < -0.4 is 10.2 Å². The molecule has 2 heterocycles. The van der Waals surface area contributed by atoms with Crippen molar-refractivity contribution in [2.75, 3.05) is 37.0 Å². The van der Waals surface area contributed by atoms with Gasteiger partial charge in [0.15, 0.2) is 5.82 Å². The van der Waals surface area contributed by atoms with Gasteiger partial charge in [-0.05, 0) is 12.8 Å². The van der Waals surface area contributed by atoms with Crippen molar-refractivity contribution in [1.82, 2.24) is 9.97 Å². The van der Waals surface area contributed by atoms with Crippen molar-refractivity contribution >= 4 is 23.4 Å². The van der Waals surface area contributed by atoms with Gasteiger partial charge in [-0.15, -0.1) is 0 Å². The Kier molecular flexibility index (Phi) is 4.60. The molecule has 0 bridgehead atoms. The molecule has 2 rings (SSSR count). The summed E-state index contributed by atoms with van der Waals surface area (Å²) in [5.41, 5.74) is 0. The molecule has 1 N–H and O–H groups in total. The number of anilines is 2. The molecular formula is C12H19ClN4O. The highest BCUT2D eigenvalue weighted by Gasteiger charge is 2.23. The number of nitrogens with one attached hydrogen (secondary N) is 1. The summed E-state index contributed by atoms with van der Waals surface area (Å²) in [6.07, 6.45) is 3.69. The van der Waals surface area contributed by atoms with Crippen LogP contribution in [0.5, 0.6) is 0 Å². The first-order chi connectivity index (χ1) is 8.72. The zero-order valence-corrected chi connectivity index (χ0v) is 11.6. The van der Waals surface area contributed by atoms with Crippen LogP contribution in [0.15, 0.2) is 6.20 Å². The lowest BCUT2D eigenvalue weighted by Gasteiger charge is -2.25. The lowest BCUT2D eigenvalue weighted by Crippen LogP contribution is -2.32. The molecule has 5 nitrogen and oxygen atoms in total. The Bertz CT molecular complexity index is 396. The fraction of sp³-hybridized carbons (Fsp3) is 0.667. The van der Waals surface area contributed by atoms with E-state index in [1.807, 2.05) is 7.05 Å². The van der Waals surface area contributed by atoms with E-state index in [1.54, 1.807) is 6.20 Å². The topological polar surface area (TPSA) is 50.3 Å². The number of ether oxygens (including phenoxy) is 1. The Morgan fingerprint density at radius 2 is 2.44 bits per heavy atom. The summed E-state index contributed by atoms with van der Waals surface area (Å²) in [7, 11) is 2.00. The van der Waals surface area contributed by atoms with Gasteiger partial charge < -0.3 is 15.0 Å². The Hall–Kier alpha value is -1.07. The molecule has 1 atom stereocenters. The van der Waals surface area contributed by atoms with E-state index in [0.717, 1.165) is 38.4 Å². The van der Waals surface area contributed by atoms with Crippen molar-refractivity contribution in [3.05, 3.63) is 11.2 Å². The lowest BCUT2D eigenvalue weighted by molar-refractivity contribution is 0.193. The summed E-state index contributed by atoms with van der Waals surface area (Å²) >= 11 is 6.17. The van der Waals surface area contributed by atoms with E-state index in [0.29, 0.717) is 17.0 Å². The molecule has 100 valence electrons. The van der Waals surface area contributed by atoms with Gasteiger partial charge in [0.1, 0.15) is 5.02 Å². The standard InChI is InChI=1S/C12H19ClN4O/c1-3-5-14-12-15-7-10(13)11(16-12)17(2)9-4-6-18-8-9/h7,9H,3-6,8H2,1-2H3,(H,14,15,16). The Morgan fingerprint density at radius 1 is 1.61 bits per heavy atom. The molecule has 0 aromatic carbocycles. The molecule has 0 radical (unpaired) electrons. The van der Waals surface area contributed by atoms with Gasteiger partial charge in [0.25, 0.3) is 0 Å². The highest BCUT2D eigenvalue weighted by Crippen LogP contribution is 2.26. The number of nitrogens with zero attached hydrogens (tertiary/aromatic N) is 3. The number of halogens is 1. The van der Waals surface area contributed by atoms with Crippen LogP contribution in [-0.2, 0) is 4.74 Å². The fourth-order valence-corrected chi connectivity index (χ4v) is 2.15. The van der Waals surface area contributed by atoms with Crippen molar-refractivity contribution in [2.24, 2.45) is 0 Å². The fourth-order valence-electron chi connectivity index (χ4n) is 1.93. The normalized spacial score (nSPS) is 18.9. The second-order valence-corrected chi connectivity index (χ2v) is 4.83. The Balaban J connectivity index is 2.14. The summed E-state index contributed by atoms with van der Waals surface area (Å²) in [6, 6.07) is 0.344. The van der Waals surface area contributed by atoms with Crippen molar-refractivity contribution in [3.8, 4) is 0 Å². The molecule has 6 heteroatoms. The molecule has 0 saturated carbocycles. The van der Waals surface area contributed by atoms with Crippen LogP contribution in [0.3, 0.4) is 0 Å². The van der Waals surface area contributed by atoms with Gasteiger partial charge in [0.2, 0.25) is 5.95 Å². The smallest absolute Gasteiger partial charge is 0.224 e. The summed E-state index contributed by atoms with van der Waals surface area (Å²) in [5, 5.41) is 3.74. The molecular weight excluding hydrogens is 252 g/mol. The Morgan fingerprint density at radius 3 is 3.11 bits per heavy atom. The lowest BCUT2D eigenvalue weighted by atomic mass is 10.2. The zero-order valence-electron chi connectivity index (χ0n) is 10.8. The van der Waals surface area contributed by atoms with Crippen LogP contribution in [0.4, 0.5) is 11.8 Å². The largest absolute Gasteiger partial charge is 0.379 e. The van der Waals surface area contributed by atoms with E-state index in [1.165, 1.54) is 0 Å². The molecule has 1 aromatic rings. The maximum absolute atomic E-state index is 6.17. The monoisotopic (exact) mass is 270 g/mol. The van der Waals surface area contributed by atoms with E-state index in [-0.39, 0.29) is 0 Å². The summed E-state index contributed by atoms with van der Waals surface area (Å²) < 4.78 is 5.39. The molecule has 1 saturated heterocycles. The van der Waals surface area contributed by atoms with Gasteiger partial charge in [-0.25, -0.2) is 4.98 Å². The quantitative estimate of drug-likeness (QED) is 0.889. The number of hydrogen-bond donors (Lipinski definition) is 1. The third kappa shape index (κ3) is 3.03. The number of hydrogen-bond acceptors (Lipinski definition) is 5. The second-order valence-electron chi connectivity index (χ2n) is 4.42. The average molecular weight is 271 g/mol. The van der Waals surface area contributed by atoms with Crippen LogP contribution in [-0.4, -0.2) is 42.8 Å². The highest BCUT2D eigenvalue weighted by molar-refractivity contribution is 6.32. The van der Waals surface area contributed by atoms with Gasteiger partial charge >= 0.3 is 0 Å². The van der Waals surface area contributed by atoms with E-state index >= 15 is 0 Å². The minimum absolute atomic E-state index is 0.344. The first-order valence-electron chi connectivity index (χ1n) is 6.29. The minimum Gasteiger partial charge on any atom is -0.379 e. The highest BCUT2D eigenvalue weighted by atomic mass is 35.5. The maximum atomic E-state index is 6.17. The first-order valence-corrected chi connectivity index (χ1v) is 6.67. The van der Waals surface area contributed by atoms with Crippen molar-refractivity contribution in [1.29, 1.82) is 0 Å². The third-order valence-corrected chi connectivity index (χ3v) is 3.31. The van der Waals surface area contributed by atoms with Crippen LogP contribution in [0, 0.1) is 0 Å². The molecule has 1 unspecified atom stereocenters. The van der Waals surface area contributed by atoms with Gasteiger partial charge in [-0.3, -0.25) is 0 Å². The molecule has 1 fully saturated rings. The SMILES string of the molecule is CCCNc1ncc(Cl)c(N(C)C2CCOC2)n1. The minimum atomic E-state index is 0.344. The summed E-state index contributed by atoms with van der Waals surface area (Å²) in [5.74, 6) is 1.39. The van der Waals surface area contributed by atoms with Crippen LogP contribution in [0.25, 0.3) is 0 Å². The van der Waals surface area contributed by atoms with Crippen LogP contribution in [0.2, 0.25) is 5.02 Å². The van der Waals surface area contributed by atoms with Gasteiger partial charge in [-0.1, -0.05) is 18.5 Å². The van der Waals surface area contributed by atoms with Crippen LogP contribution in [0.1, 0.15) is 19.8 Å². The molecule has 0 spiro atoms. The zero-order chi connectivity index (χ0) is 13.0. The molecule has 1 aliphatic heterocycles. The van der Waals surface area contributed by atoms with Crippen LogP contribution >= 0.6 is 11.6 Å².